The molecular formula is C22H19FN2O3. The fraction of sp³-hybridized carbons (Fsp3) is 0.0909. The van der Waals surface area contributed by atoms with Gasteiger partial charge in [0.2, 0.25) is 0 Å². The van der Waals surface area contributed by atoms with Gasteiger partial charge in [0.1, 0.15) is 11.6 Å². The van der Waals surface area contributed by atoms with Crippen molar-refractivity contribution in [3.8, 4) is 16.9 Å². The molecule has 3 aromatic rings. The van der Waals surface area contributed by atoms with Gasteiger partial charge >= 0.3 is 0 Å². The first-order valence-electron chi connectivity index (χ1n) is 8.71. The quantitative estimate of drug-likeness (QED) is 0.665. The summed E-state index contributed by atoms with van der Waals surface area (Å²) >= 11 is 0. The van der Waals surface area contributed by atoms with Crippen molar-refractivity contribution in [2.75, 3.05) is 0 Å². The van der Waals surface area contributed by atoms with E-state index in [0.29, 0.717) is 11.3 Å². The lowest BCUT2D eigenvalue weighted by Crippen LogP contribution is -2.47. The van der Waals surface area contributed by atoms with Crippen LogP contribution < -0.4 is 15.6 Å². The van der Waals surface area contributed by atoms with Crippen LogP contribution in [0, 0.1) is 5.82 Å². The molecule has 5 nitrogen and oxygen atoms in total. The summed E-state index contributed by atoms with van der Waals surface area (Å²) in [6.07, 6.45) is -0.869. The van der Waals surface area contributed by atoms with Gasteiger partial charge in [0.05, 0.1) is 0 Å². The first kappa shape index (κ1) is 19.1. The van der Waals surface area contributed by atoms with Gasteiger partial charge in [-0.05, 0) is 54.4 Å². The Bertz CT molecular complexity index is 942. The SMILES string of the molecule is C[C@@H](Oc1ccc(F)cc1)C(=O)NNC(=O)c1ccc(-c2ccccc2)cc1. The standard InChI is InChI=1S/C22H19FN2O3/c1-15(28-20-13-11-19(23)12-14-20)21(26)24-25-22(27)18-9-7-17(8-10-18)16-5-3-2-4-6-16/h2-15H,1H3,(H,24,26)(H,25,27)/t15-/m1/s1. The van der Waals surface area contributed by atoms with Crippen LogP contribution in [0.5, 0.6) is 5.75 Å². The van der Waals surface area contributed by atoms with E-state index in [2.05, 4.69) is 10.9 Å². The molecule has 0 aliphatic heterocycles. The van der Waals surface area contributed by atoms with Crippen LogP contribution in [0.1, 0.15) is 17.3 Å². The molecule has 0 heterocycles. The molecule has 2 amide bonds. The zero-order valence-corrected chi connectivity index (χ0v) is 15.2. The monoisotopic (exact) mass is 378 g/mol. The van der Waals surface area contributed by atoms with Gasteiger partial charge in [-0.25, -0.2) is 4.39 Å². The van der Waals surface area contributed by atoms with E-state index in [4.69, 9.17) is 4.74 Å². The van der Waals surface area contributed by atoms with Crippen LogP contribution >= 0.6 is 0 Å². The molecule has 0 saturated carbocycles. The number of ether oxygens (including phenoxy) is 1. The van der Waals surface area contributed by atoms with Gasteiger partial charge in [-0.1, -0.05) is 42.5 Å². The summed E-state index contributed by atoms with van der Waals surface area (Å²) in [5.41, 5.74) is 7.12. The molecule has 3 aromatic carbocycles. The molecular weight excluding hydrogens is 359 g/mol. The summed E-state index contributed by atoms with van der Waals surface area (Å²) in [5.74, 6) is -1.01. The topological polar surface area (TPSA) is 67.4 Å². The Labute approximate surface area is 162 Å². The van der Waals surface area contributed by atoms with Gasteiger partial charge < -0.3 is 4.74 Å². The minimum Gasteiger partial charge on any atom is -0.481 e. The molecule has 0 spiro atoms. The molecule has 3 rings (SSSR count). The second-order valence-electron chi connectivity index (χ2n) is 6.10. The Morgan fingerprint density at radius 2 is 1.43 bits per heavy atom. The Morgan fingerprint density at radius 1 is 0.821 bits per heavy atom. The molecule has 0 radical (unpaired) electrons. The normalized spacial score (nSPS) is 11.4. The summed E-state index contributed by atoms with van der Waals surface area (Å²) < 4.78 is 18.3. The maximum Gasteiger partial charge on any atom is 0.279 e. The number of carbonyl (C=O) groups is 2. The number of hydrazine groups is 1. The maximum absolute atomic E-state index is 12.9. The Balaban J connectivity index is 1.53. The molecule has 0 aliphatic carbocycles. The summed E-state index contributed by atoms with van der Waals surface area (Å²) in [4.78, 5) is 24.3. The number of benzene rings is 3. The minimum absolute atomic E-state index is 0.354. The number of halogens is 1. The first-order valence-corrected chi connectivity index (χ1v) is 8.71. The number of carbonyl (C=O) groups excluding carboxylic acids is 2. The van der Waals surface area contributed by atoms with Crippen LogP contribution in [0.25, 0.3) is 11.1 Å². The van der Waals surface area contributed by atoms with Crippen molar-refractivity contribution in [2.45, 2.75) is 13.0 Å². The predicted octanol–water partition coefficient (Wildman–Crippen LogP) is 3.72. The van der Waals surface area contributed by atoms with E-state index in [1.807, 2.05) is 42.5 Å². The number of rotatable bonds is 5. The van der Waals surface area contributed by atoms with Gasteiger partial charge in [-0.15, -0.1) is 0 Å². The van der Waals surface area contributed by atoms with Crippen LogP contribution in [0.2, 0.25) is 0 Å². The second kappa shape index (κ2) is 8.81. The Hall–Kier alpha value is -3.67. The highest BCUT2D eigenvalue weighted by molar-refractivity contribution is 5.96. The second-order valence-corrected chi connectivity index (χ2v) is 6.10. The van der Waals surface area contributed by atoms with E-state index < -0.39 is 23.7 Å². The third-order valence-electron chi connectivity index (χ3n) is 4.05. The Morgan fingerprint density at radius 3 is 2.07 bits per heavy atom. The molecule has 1 atom stereocenters. The van der Waals surface area contributed by atoms with Crippen LogP contribution in [0.3, 0.4) is 0 Å². The van der Waals surface area contributed by atoms with Crippen molar-refractivity contribution in [1.82, 2.24) is 10.9 Å². The van der Waals surface area contributed by atoms with Gasteiger partial charge in [0.15, 0.2) is 6.10 Å². The molecule has 0 bridgehead atoms. The third-order valence-corrected chi connectivity index (χ3v) is 4.05. The maximum atomic E-state index is 12.9. The van der Waals surface area contributed by atoms with Crippen LogP contribution in [-0.2, 0) is 4.79 Å². The number of nitrogens with one attached hydrogen (secondary N) is 2. The van der Waals surface area contributed by atoms with Crippen molar-refractivity contribution >= 4 is 11.8 Å². The lowest BCUT2D eigenvalue weighted by Gasteiger charge is -2.15. The summed E-state index contributed by atoms with van der Waals surface area (Å²) in [6, 6.07) is 22.2. The highest BCUT2D eigenvalue weighted by Crippen LogP contribution is 2.19. The van der Waals surface area contributed by atoms with Crippen molar-refractivity contribution < 1.29 is 18.7 Å². The number of hydrogen-bond acceptors (Lipinski definition) is 3. The van der Waals surface area contributed by atoms with E-state index >= 15 is 0 Å². The fourth-order valence-electron chi connectivity index (χ4n) is 2.51. The molecule has 0 saturated heterocycles. The summed E-state index contributed by atoms with van der Waals surface area (Å²) in [6.45, 7) is 1.53. The smallest absolute Gasteiger partial charge is 0.279 e. The minimum atomic E-state index is -0.869. The van der Waals surface area contributed by atoms with Crippen LogP contribution in [0.15, 0.2) is 78.9 Å². The van der Waals surface area contributed by atoms with Crippen LogP contribution in [-0.4, -0.2) is 17.9 Å². The highest BCUT2D eigenvalue weighted by atomic mass is 19.1. The lowest BCUT2D eigenvalue weighted by molar-refractivity contribution is -0.128. The summed E-state index contributed by atoms with van der Waals surface area (Å²) in [7, 11) is 0. The zero-order chi connectivity index (χ0) is 19.9. The third kappa shape index (κ3) is 4.94. The van der Waals surface area contributed by atoms with E-state index in [-0.39, 0.29) is 0 Å². The first-order chi connectivity index (χ1) is 13.5. The van der Waals surface area contributed by atoms with Crippen LogP contribution in [0.4, 0.5) is 4.39 Å². The molecule has 0 aliphatic rings. The highest BCUT2D eigenvalue weighted by Gasteiger charge is 2.16. The van der Waals surface area contributed by atoms with E-state index in [9.17, 15) is 14.0 Å². The Kier molecular flexibility index (Phi) is 6.01. The molecule has 6 heteroatoms. The number of amides is 2. The number of hydrogen-bond donors (Lipinski definition) is 2. The van der Waals surface area contributed by atoms with E-state index in [0.717, 1.165) is 11.1 Å². The zero-order valence-electron chi connectivity index (χ0n) is 15.2. The molecule has 2 N–H and O–H groups in total. The van der Waals surface area contributed by atoms with Crippen molar-refractivity contribution in [1.29, 1.82) is 0 Å². The summed E-state index contributed by atoms with van der Waals surface area (Å²) in [5, 5.41) is 0. The predicted molar refractivity (Wildman–Crippen MR) is 104 cm³/mol. The van der Waals surface area contributed by atoms with E-state index in [1.165, 1.54) is 31.2 Å². The average Bonchev–Trinajstić information content (AvgIpc) is 2.74. The fourth-order valence-corrected chi connectivity index (χ4v) is 2.51. The average molecular weight is 378 g/mol. The van der Waals surface area contributed by atoms with Crippen molar-refractivity contribution in [2.24, 2.45) is 0 Å². The van der Waals surface area contributed by atoms with Gasteiger partial charge in [-0.3, -0.25) is 20.4 Å². The molecule has 28 heavy (non-hydrogen) atoms. The molecule has 0 fully saturated rings. The molecule has 0 unspecified atom stereocenters. The largest absolute Gasteiger partial charge is 0.481 e. The molecule has 142 valence electrons. The van der Waals surface area contributed by atoms with Gasteiger partial charge in [-0.2, -0.15) is 0 Å². The van der Waals surface area contributed by atoms with Crippen molar-refractivity contribution in [3.63, 3.8) is 0 Å². The van der Waals surface area contributed by atoms with Gasteiger partial charge in [0, 0.05) is 5.56 Å². The van der Waals surface area contributed by atoms with E-state index in [1.54, 1.807) is 12.1 Å². The van der Waals surface area contributed by atoms with Crippen molar-refractivity contribution in [3.05, 3.63) is 90.2 Å². The molecule has 0 aromatic heterocycles. The van der Waals surface area contributed by atoms with Gasteiger partial charge in [0.25, 0.3) is 11.8 Å². The lowest BCUT2D eigenvalue weighted by atomic mass is 10.0.